The number of aliphatic carboxylic acids is 1. The quantitative estimate of drug-likeness (QED) is 0.0983. The van der Waals surface area contributed by atoms with E-state index in [0.29, 0.717) is 73.1 Å². The molecule has 10 nitrogen and oxygen atoms in total. The second kappa shape index (κ2) is 14.3. The summed E-state index contributed by atoms with van der Waals surface area (Å²) < 4.78 is 20.9. The summed E-state index contributed by atoms with van der Waals surface area (Å²) >= 11 is 0. The molecule has 6 aliphatic rings. The van der Waals surface area contributed by atoms with Crippen LogP contribution in [0.3, 0.4) is 0 Å². The molecule has 1 amide bonds. The van der Waals surface area contributed by atoms with Crippen LogP contribution in [0, 0.1) is 11.8 Å². The van der Waals surface area contributed by atoms with Gasteiger partial charge in [-0.1, -0.05) is 41.9 Å². The number of amides is 1. The fourth-order valence-electron chi connectivity index (χ4n) is 9.10. The molecule has 1 aromatic carbocycles. The highest BCUT2D eigenvalue weighted by Gasteiger charge is 2.81. The minimum atomic E-state index is -1.61. The Morgan fingerprint density at radius 3 is 2.37 bits per heavy atom. The lowest BCUT2D eigenvalue weighted by Gasteiger charge is -2.56. The van der Waals surface area contributed by atoms with Crippen molar-refractivity contribution in [2.45, 2.75) is 136 Å². The Morgan fingerprint density at radius 1 is 0.963 bits per heavy atom. The van der Waals surface area contributed by atoms with Gasteiger partial charge in [0.15, 0.2) is 22.8 Å². The number of carboxylic acids is 1. The fraction of sp³-hybridized carbons (Fsp3) is 0.545. The van der Waals surface area contributed by atoms with Gasteiger partial charge in [-0.25, -0.2) is 0 Å². The zero-order chi connectivity index (χ0) is 39.4. The summed E-state index contributed by atoms with van der Waals surface area (Å²) in [4.78, 5) is 53.6. The van der Waals surface area contributed by atoms with E-state index in [1.165, 1.54) is 5.57 Å². The summed E-state index contributed by atoms with van der Waals surface area (Å²) in [6.07, 6.45) is 15.6. The van der Waals surface area contributed by atoms with Crippen LogP contribution in [-0.4, -0.2) is 62.6 Å². The molecule has 1 spiro atoms. The molecular weight excluding hydrogens is 686 g/mol. The molecular formula is C44H55NO9. The molecule has 1 saturated heterocycles. The summed E-state index contributed by atoms with van der Waals surface area (Å²) in [7, 11) is 0. The molecule has 0 radical (unpaired) electrons. The Morgan fingerprint density at radius 2 is 1.69 bits per heavy atom. The number of aromatic hydroxyl groups is 1. The molecule has 7 rings (SSSR count). The van der Waals surface area contributed by atoms with Crippen LogP contribution in [0.4, 0.5) is 0 Å². The number of unbranched alkanes of at least 4 members (excludes halogenated alkanes) is 2. The number of Topliss-reactive ketones (excluding diaryl/α,β-unsaturated/α-hetero) is 2. The number of phenolic OH excluding ortho intramolecular Hbond substituents is 1. The molecule has 290 valence electrons. The van der Waals surface area contributed by atoms with E-state index in [1.54, 1.807) is 19.1 Å². The summed E-state index contributed by atoms with van der Waals surface area (Å²) in [6.45, 7) is 16.0. The van der Waals surface area contributed by atoms with Crippen molar-refractivity contribution in [3.63, 3.8) is 0 Å². The van der Waals surface area contributed by atoms with Gasteiger partial charge in [0.2, 0.25) is 5.91 Å². The first-order valence-corrected chi connectivity index (χ1v) is 19.3. The Hall–Kier alpha value is -4.44. The zero-order valence-electron chi connectivity index (χ0n) is 32.9. The van der Waals surface area contributed by atoms with Crippen molar-refractivity contribution in [1.82, 2.24) is 5.32 Å². The minimum Gasteiger partial charge on any atom is -0.506 e. The molecule has 3 heterocycles. The molecule has 4 bridgehead atoms. The molecule has 5 atom stereocenters. The van der Waals surface area contributed by atoms with Crippen LogP contribution in [0.15, 0.2) is 52.7 Å². The highest BCUT2D eigenvalue weighted by Crippen LogP contribution is 2.68. The molecule has 3 aliphatic carbocycles. The van der Waals surface area contributed by atoms with E-state index in [4.69, 9.17) is 19.3 Å². The number of allylic oxidation sites excluding steroid dienone is 5. The maximum absolute atomic E-state index is 14.9. The third kappa shape index (κ3) is 6.54. The maximum atomic E-state index is 14.9. The van der Waals surface area contributed by atoms with Gasteiger partial charge in [-0.05, 0) is 106 Å². The number of benzene rings is 1. The molecule has 3 aliphatic heterocycles. The predicted molar refractivity (Wildman–Crippen MR) is 206 cm³/mol. The third-order valence-electron chi connectivity index (χ3n) is 11.9. The lowest BCUT2D eigenvalue weighted by Crippen LogP contribution is -2.72. The second-order valence-corrected chi connectivity index (χ2v) is 16.9. The monoisotopic (exact) mass is 741 g/mol. The van der Waals surface area contributed by atoms with Crippen LogP contribution in [0.2, 0.25) is 0 Å². The number of carboxylic acid groups (broad SMARTS) is 1. The number of fused-ring (bicyclic) bond motifs is 2. The number of ether oxygens (including phenoxy) is 3. The van der Waals surface area contributed by atoms with Gasteiger partial charge < -0.3 is 29.7 Å². The number of hydrogen-bond acceptors (Lipinski definition) is 8. The topological polar surface area (TPSA) is 148 Å². The molecule has 2 fully saturated rings. The van der Waals surface area contributed by atoms with Gasteiger partial charge in [-0.15, -0.1) is 0 Å². The SMILES string of the molecule is CC(C)=CCCC1(C)C=Cc2c(O)c3c(c(CC=C(C)C)c2O1)OC12C(=CC4CC1C(C)(C)OC2(CC=C(C)C(=O)NCCCCCC(=O)O)C4=O)C3=O. The summed E-state index contributed by atoms with van der Waals surface area (Å²) in [5.41, 5.74) is -0.601. The molecule has 0 aromatic heterocycles. The largest absolute Gasteiger partial charge is 0.506 e. The zero-order valence-corrected chi connectivity index (χ0v) is 32.9. The van der Waals surface area contributed by atoms with Crippen molar-refractivity contribution < 1.29 is 43.6 Å². The number of rotatable bonds is 14. The summed E-state index contributed by atoms with van der Waals surface area (Å²) in [5, 5.41) is 23.7. The normalized spacial score (nSPS) is 28.2. The van der Waals surface area contributed by atoms with Crippen molar-refractivity contribution in [3.05, 3.63) is 69.4 Å². The number of ketones is 2. The Kier molecular flexibility index (Phi) is 10.4. The molecule has 1 aromatic rings. The van der Waals surface area contributed by atoms with Gasteiger partial charge in [-0.3, -0.25) is 19.2 Å². The van der Waals surface area contributed by atoms with Crippen LogP contribution in [-0.2, 0) is 25.5 Å². The van der Waals surface area contributed by atoms with E-state index in [9.17, 15) is 24.3 Å². The first kappa shape index (κ1) is 39.3. The van der Waals surface area contributed by atoms with Gasteiger partial charge in [0.05, 0.1) is 11.2 Å². The summed E-state index contributed by atoms with van der Waals surface area (Å²) in [6, 6.07) is 0. The lowest BCUT2D eigenvalue weighted by molar-refractivity contribution is -0.171. The van der Waals surface area contributed by atoms with Crippen molar-refractivity contribution in [2.24, 2.45) is 11.8 Å². The van der Waals surface area contributed by atoms with Crippen LogP contribution < -0.4 is 14.8 Å². The van der Waals surface area contributed by atoms with Crippen molar-refractivity contribution in [3.8, 4) is 17.2 Å². The summed E-state index contributed by atoms with van der Waals surface area (Å²) in [5.74, 6) is -2.26. The van der Waals surface area contributed by atoms with E-state index in [0.717, 1.165) is 12.0 Å². The van der Waals surface area contributed by atoms with Gasteiger partial charge in [-0.2, -0.15) is 0 Å². The molecule has 3 N–H and O–H groups in total. The average Bonchev–Trinajstić information content (AvgIpc) is 3.24. The first-order valence-electron chi connectivity index (χ1n) is 19.3. The van der Waals surface area contributed by atoms with Crippen molar-refractivity contribution in [1.29, 1.82) is 0 Å². The number of hydrogen-bond donors (Lipinski definition) is 3. The number of carbonyl (C=O) groups excluding carboxylic acids is 3. The predicted octanol–water partition coefficient (Wildman–Crippen LogP) is 7.92. The average molecular weight is 742 g/mol. The highest BCUT2D eigenvalue weighted by atomic mass is 16.6. The minimum absolute atomic E-state index is 0.00196. The Balaban J connectivity index is 1.42. The lowest BCUT2D eigenvalue weighted by atomic mass is 9.51. The van der Waals surface area contributed by atoms with E-state index in [-0.39, 0.29) is 47.5 Å². The standard InChI is InChI=1S/C44H55NO9/c1-25(2)13-12-19-42(8)20-18-29-35(48)34-36(49)31-23-28-24-32-41(6,7)54-43(39(28)50,21-17-27(5)40(51)45-22-11-9-10-14-33(46)47)44(31,32)53-38(34)30(37(29)52-42)16-15-26(3)4/h13,15,17-18,20,23,28,32,48H,9-12,14,16,19,21-22,24H2,1-8H3,(H,45,51)(H,46,47). The smallest absolute Gasteiger partial charge is 0.303 e. The Bertz CT molecular complexity index is 1940. The van der Waals surface area contributed by atoms with Crippen LogP contribution >= 0.6 is 0 Å². The van der Waals surface area contributed by atoms with E-state index >= 15 is 0 Å². The number of carbonyl (C=O) groups is 4. The van der Waals surface area contributed by atoms with Crippen LogP contribution in [0.1, 0.15) is 128 Å². The van der Waals surface area contributed by atoms with Gasteiger partial charge in [0, 0.05) is 47.9 Å². The number of nitrogens with one attached hydrogen (secondary N) is 1. The number of phenols is 1. The van der Waals surface area contributed by atoms with Gasteiger partial charge >= 0.3 is 5.97 Å². The van der Waals surface area contributed by atoms with Gasteiger partial charge in [0.25, 0.3) is 0 Å². The van der Waals surface area contributed by atoms with E-state index < -0.39 is 40.1 Å². The molecule has 54 heavy (non-hydrogen) atoms. The van der Waals surface area contributed by atoms with E-state index in [1.807, 2.05) is 52.8 Å². The van der Waals surface area contributed by atoms with Gasteiger partial charge in [0.1, 0.15) is 28.4 Å². The van der Waals surface area contributed by atoms with Crippen molar-refractivity contribution in [2.75, 3.05) is 6.54 Å². The second-order valence-electron chi connectivity index (χ2n) is 16.9. The van der Waals surface area contributed by atoms with Crippen LogP contribution in [0.25, 0.3) is 6.08 Å². The molecule has 5 unspecified atom stereocenters. The molecule has 10 heteroatoms. The Labute approximate surface area is 318 Å². The van der Waals surface area contributed by atoms with E-state index in [2.05, 4.69) is 25.2 Å². The maximum Gasteiger partial charge on any atom is 0.303 e. The third-order valence-corrected chi connectivity index (χ3v) is 11.9. The van der Waals surface area contributed by atoms with Crippen molar-refractivity contribution >= 4 is 29.5 Å². The van der Waals surface area contributed by atoms with Crippen LogP contribution in [0.5, 0.6) is 17.2 Å². The first-order chi connectivity index (χ1) is 25.4. The fourth-order valence-corrected chi connectivity index (χ4v) is 9.10. The molecule has 1 saturated carbocycles. The highest BCUT2D eigenvalue weighted by molar-refractivity contribution is 6.19.